The third-order valence-electron chi connectivity index (χ3n) is 4.52. The molecule has 0 spiro atoms. The molecule has 0 radical (unpaired) electrons. The van der Waals surface area contributed by atoms with Crippen molar-refractivity contribution in [3.8, 4) is 0 Å². The Balaban J connectivity index is 2.73. The van der Waals surface area contributed by atoms with E-state index in [1.54, 1.807) is 0 Å². The molecule has 15 nitrogen and oxygen atoms in total. The molecule has 1 aromatic rings. The number of hydrogen-bond donors (Lipinski definition) is 9. The molecule has 9 N–H and O–H groups in total. The topological polar surface area (TPSA) is 246 Å². The first-order chi connectivity index (χ1) is 16.6. The lowest BCUT2D eigenvalue weighted by Crippen LogP contribution is -2.53. The lowest BCUT2D eigenvalue weighted by Gasteiger charge is -2.21. The number of H-pyrrole nitrogens is 1. The van der Waals surface area contributed by atoms with Crippen LogP contribution in [0.3, 0.4) is 0 Å². The summed E-state index contributed by atoms with van der Waals surface area (Å²) in [6.45, 7) is -0.591. The van der Waals surface area contributed by atoms with Gasteiger partial charge in [-0.25, -0.2) is 9.78 Å². The van der Waals surface area contributed by atoms with Gasteiger partial charge in [0, 0.05) is 43.5 Å². The number of hydrogen-bond acceptors (Lipinski definition) is 9. The standard InChI is InChI=1S/C19H29N7O8S/c20-4-3-15(28)24-12(5-10-6-21-9-23-10)18(32)26-11(19(33)34)1-2-14(27)25-13(8-35)17(31)22-7-16(29)30/h6,9,11-13,35H,1-5,7-8,20H2,(H,21,23)(H,22,31)(H,24,28)(H,25,27)(H,26,32)(H,29,30)(H,33,34)/t11?,12-,13?/m0/s1. The first-order valence-electron chi connectivity index (χ1n) is 10.5. The summed E-state index contributed by atoms with van der Waals surface area (Å²) in [5.41, 5.74) is 5.87. The second-order valence-electron chi connectivity index (χ2n) is 7.29. The maximum atomic E-state index is 12.7. The summed E-state index contributed by atoms with van der Waals surface area (Å²) in [6.07, 6.45) is 2.09. The molecule has 0 aromatic carbocycles. The first-order valence-corrected chi connectivity index (χ1v) is 11.1. The highest BCUT2D eigenvalue weighted by Gasteiger charge is 2.28. The molecule has 1 aromatic heterocycles. The van der Waals surface area contributed by atoms with E-state index in [-0.39, 0.29) is 38.0 Å². The van der Waals surface area contributed by atoms with Gasteiger partial charge in [-0.15, -0.1) is 0 Å². The van der Waals surface area contributed by atoms with Crippen LogP contribution >= 0.6 is 12.6 Å². The summed E-state index contributed by atoms with van der Waals surface area (Å²) < 4.78 is 0. The lowest BCUT2D eigenvalue weighted by atomic mass is 10.1. The summed E-state index contributed by atoms with van der Waals surface area (Å²) >= 11 is 3.94. The quantitative estimate of drug-likeness (QED) is 0.0995. The van der Waals surface area contributed by atoms with Gasteiger partial charge in [0.25, 0.3) is 0 Å². The minimum absolute atomic E-state index is 0.00402. The predicted octanol–water partition coefficient (Wildman–Crippen LogP) is -3.25. The molecule has 4 amide bonds. The van der Waals surface area contributed by atoms with Gasteiger partial charge in [-0.3, -0.25) is 24.0 Å². The Morgan fingerprint density at radius 2 is 1.63 bits per heavy atom. The first kappa shape index (κ1) is 29.4. The molecule has 0 aliphatic heterocycles. The summed E-state index contributed by atoms with van der Waals surface area (Å²) in [4.78, 5) is 77.6. The number of carbonyl (C=O) groups is 6. The molecule has 0 saturated carbocycles. The lowest BCUT2D eigenvalue weighted by molar-refractivity contribution is -0.142. The fourth-order valence-electron chi connectivity index (χ4n) is 2.77. The van der Waals surface area contributed by atoms with Gasteiger partial charge in [0.05, 0.1) is 6.33 Å². The van der Waals surface area contributed by atoms with Gasteiger partial charge in [0.2, 0.25) is 23.6 Å². The van der Waals surface area contributed by atoms with Gasteiger partial charge < -0.3 is 42.2 Å². The molecule has 1 rings (SSSR count). The van der Waals surface area contributed by atoms with Gasteiger partial charge in [-0.2, -0.15) is 12.6 Å². The van der Waals surface area contributed by atoms with Crippen molar-refractivity contribution in [2.45, 2.75) is 43.8 Å². The van der Waals surface area contributed by atoms with Gasteiger partial charge >= 0.3 is 11.9 Å². The maximum absolute atomic E-state index is 12.7. The van der Waals surface area contributed by atoms with Gasteiger partial charge in [-0.05, 0) is 6.42 Å². The number of imidazole rings is 1. The number of carboxylic acids is 2. The van der Waals surface area contributed by atoms with Gasteiger partial charge in [0.1, 0.15) is 24.7 Å². The summed E-state index contributed by atoms with van der Waals surface area (Å²) in [6, 6.07) is -3.74. The van der Waals surface area contributed by atoms with Crippen LogP contribution in [0.2, 0.25) is 0 Å². The number of nitrogens with one attached hydrogen (secondary N) is 5. The van der Waals surface area contributed by atoms with Crippen LogP contribution in [-0.4, -0.2) is 92.7 Å². The van der Waals surface area contributed by atoms with Crippen molar-refractivity contribution in [1.29, 1.82) is 0 Å². The van der Waals surface area contributed by atoms with Gasteiger partial charge in [-0.1, -0.05) is 0 Å². The third kappa shape index (κ3) is 11.3. The fourth-order valence-corrected chi connectivity index (χ4v) is 3.03. The minimum atomic E-state index is -1.47. The normalized spacial score (nSPS) is 13.1. The van der Waals surface area contributed by atoms with E-state index in [1.165, 1.54) is 12.5 Å². The Labute approximate surface area is 205 Å². The average molecular weight is 516 g/mol. The van der Waals surface area contributed by atoms with Crippen LogP contribution in [0.5, 0.6) is 0 Å². The zero-order valence-electron chi connectivity index (χ0n) is 18.7. The molecular formula is C19H29N7O8S. The van der Waals surface area contributed by atoms with Crippen LogP contribution < -0.4 is 27.0 Å². The maximum Gasteiger partial charge on any atom is 0.326 e. The fraction of sp³-hybridized carbons (Fsp3) is 0.526. The average Bonchev–Trinajstić information content (AvgIpc) is 3.31. The number of aromatic nitrogens is 2. The number of aromatic amines is 1. The largest absolute Gasteiger partial charge is 0.480 e. The number of rotatable bonds is 16. The molecule has 3 atom stereocenters. The summed E-state index contributed by atoms with van der Waals surface area (Å²) in [5, 5.41) is 27.3. The molecule has 1 heterocycles. The van der Waals surface area contributed by atoms with Crippen LogP contribution in [0.1, 0.15) is 25.0 Å². The van der Waals surface area contributed by atoms with E-state index in [0.717, 1.165) is 0 Å². The number of amides is 4. The van der Waals surface area contributed by atoms with E-state index in [9.17, 15) is 33.9 Å². The van der Waals surface area contributed by atoms with E-state index in [0.29, 0.717) is 5.69 Å². The number of carboxylic acid groups (broad SMARTS) is 2. The molecule has 194 valence electrons. The Morgan fingerprint density at radius 1 is 0.971 bits per heavy atom. The van der Waals surface area contributed by atoms with Crippen LogP contribution in [0.15, 0.2) is 12.5 Å². The van der Waals surface area contributed by atoms with Crippen LogP contribution in [0.25, 0.3) is 0 Å². The molecule has 2 unspecified atom stereocenters. The van der Waals surface area contributed by atoms with Crippen molar-refractivity contribution < 1.29 is 39.0 Å². The van der Waals surface area contributed by atoms with E-state index in [2.05, 4.69) is 43.9 Å². The highest BCUT2D eigenvalue weighted by atomic mass is 32.1. The molecule has 0 aliphatic carbocycles. The highest BCUT2D eigenvalue weighted by Crippen LogP contribution is 2.04. The second-order valence-corrected chi connectivity index (χ2v) is 7.66. The second kappa shape index (κ2) is 15.3. The van der Waals surface area contributed by atoms with Crippen LogP contribution in [0, 0.1) is 0 Å². The molecule has 0 aliphatic rings. The van der Waals surface area contributed by atoms with Crippen molar-refractivity contribution in [3.05, 3.63) is 18.2 Å². The van der Waals surface area contributed by atoms with Crippen LogP contribution in [-0.2, 0) is 35.2 Å². The molecule has 0 fully saturated rings. The minimum Gasteiger partial charge on any atom is -0.480 e. The van der Waals surface area contributed by atoms with Crippen LogP contribution in [0.4, 0.5) is 0 Å². The molecule has 0 saturated heterocycles. The van der Waals surface area contributed by atoms with Crippen molar-refractivity contribution in [2.24, 2.45) is 5.73 Å². The summed E-state index contributed by atoms with van der Waals surface area (Å²) in [7, 11) is 0. The van der Waals surface area contributed by atoms with E-state index >= 15 is 0 Å². The van der Waals surface area contributed by atoms with E-state index < -0.39 is 60.2 Å². The van der Waals surface area contributed by atoms with Gasteiger partial charge in [0.15, 0.2) is 0 Å². The third-order valence-corrected chi connectivity index (χ3v) is 4.89. The monoisotopic (exact) mass is 515 g/mol. The Bertz CT molecular complexity index is 896. The molecule has 0 bridgehead atoms. The number of nitrogens with two attached hydrogens (primary N) is 1. The van der Waals surface area contributed by atoms with Crippen molar-refractivity contribution in [1.82, 2.24) is 31.2 Å². The van der Waals surface area contributed by atoms with E-state index in [1.807, 2.05) is 0 Å². The van der Waals surface area contributed by atoms with Crippen molar-refractivity contribution >= 4 is 48.2 Å². The zero-order valence-corrected chi connectivity index (χ0v) is 19.5. The van der Waals surface area contributed by atoms with E-state index in [4.69, 9.17) is 10.8 Å². The molecule has 16 heteroatoms. The van der Waals surface area contributed by atoms with Crippen molar-refractivity contribution in [3.63, 3.8) is 0 Å². The SMILES string of the molecule is NCCC(=O)N[C@@H](Cc1cnc[nH]1)C(=O)NC(CCC(=O)NC(CS)C(=O)NCC(=O)O)C(=O)O. The Morgan fingerprint density at radius 3 is 2.17 bits per heavy atom. The van der Waals surface area contributed by atoms with Crippen molar-refractivity contribution in [2.75, 3.05) is 18.8 Å². The predicted molar refractivity (Wildman–Crippen MR) is 123 cm³/mol. The molecular weight excluding hydrogens is 486 g/mol. The number of thiol groups is 1. The number of carbonyl (C=O) groups excluding carboxylic acids is 4. The smallest absolute Gasteiger partial charge is 0.326 e. The number of aliphatic carboxylic acids is 2. The highest BCUT2D eigenvalue weighted by molar-refractivity contribution is 7.80. The summed E-state index contributed by atoms with van der Waals surface area (Å²) in [5.74, 6) is -5.59. The zero-order chi connectivity index (χ0) is 26.4. The Hall–Kier alpha value is -3.66. The number of nitrogens with zero attached hydrogens (tertiary/aromatic N) is 1. The molecule has 35 heavy (non-hydrogen) atoms. The Kier molecular flexibility index (Phi) is 12.8.